The van der Waals surface area contributed by atoms with Crippen LogP contribution < -0.4 is 14.2 Å². The van der Waals surface area contributed by atoms with E-state index >= 15 is 0 Å². The van der Waals surface area contributed by atoms with E-state index in [0.29, 0.717) is 34.7 Å². The van der Waals surface area contributed by atoms with Crippen LogP contribution in [0.25, 0.3) is 22.7 Å². The number of aryl methyl sites for hydroxylation is 2. The first-order valence-electron chi connectivity index (χ1n) is 12.9. The lowest BCUT2D eigenvalue weighted by molar-refractivity contribution is 0.354. The van der Waals surface area contributed by atoms with Gasteiger partial charge >= 0.3 is 0 Å². The van der Waals surface area contributed by atoms with Crippen LogP contribution in [-0.2, 0) is 0 Å². The molecule has 4 heterocycles. The smallest absolute Gasteiger partial charge is 0.230 e. The number of hydrogen-bond donors (Lipinski definition) is 0. The SMILES string of the molecule is COc1ccc([C@H]2c3c(C)nn(-c4ccccc4)c3Oc3ncn4nc(-c5ccc(C)cc5)nc4c32)cc1OC. The van der Waals surface area contributed by atoms with Crippen molar-refractivity contribution in [3.8, 4) is 40.3 Å². The van der Waals surface area contributed by atoms with Gasteiger partial charge in [-0.25, -0.2) is 19.2 Å². The normalized spacial score (nSPS) is 13.9. The summed E-state index contributed by atoms with van der Waals surface area (Å²) in [6, 6.07) is 24.0. The largest absolute Gasteiger partial charge is 0.493 e. The van der Waals surface area contributed by atoms with Gasteiger partial charge in [0.1, 0.15) is 6.33 Å². The molecule has 9 nitrogen and oxygen atoms in total. The van der Waals surface area contributed by atoms with Crippen LogP contribution >= 0.6 is 0 Å². The molecule has 3 aromatic carbocycles. The van der Waals surface area contributed by atoms with Crippen molar-refractivity contribution in [3.63, 3.8) is 0 Å². The molecule has 0 saturated carbocycles. The maximum atomic E-state index is 6.53. The highest BCUT2D eigenvalue weighted by atomic mass is 16.5. The van der Waals surface area contributed by atoms with Gasteiger partial charge in [0.2, 0.25) is 11.8 Å². The molecule has 1 atom stereocenters. The molecule has 0 bridgehead atoms. The molecule has 0 aliphatic carbocycles. The first-order chi connectivity index (χ1) is 19.6. The molecular weight excluding hydrogens is 504 g/mol. The molecule has 0 amide bonds. The standard InChI is InChI=1S/C31H26N6O3/c1-18-10-12-20(13-11-18)28-33-29-27-26(21-14-15-23(38-3)24(16-21)39-4)25-19(2)34-37(22-8-6-5-7-9-22)31(25)40-30(27)32-17-36(29)35-28/h5-17,26H,1-4H3/t26-/m0/s1. The summed E-state index contributed by atoms with van der Waals surface area (Å²) < 4.78 is 21.3. The first-order valence-corrected chi connectivity index (χ1v) is 12.9. The Morgan fingerprint density at radius 2 is 1.60 bits per heavy atom. The van der Waals surface area contributed by atoms with Crippen molar-refractivity contribution in [1.29, 1.82) is 0 Å². The predicted molar refractivity (Wildman–Crippen MR) is 150 cm³/mol. The lowest BCUT2D eigenvalue weighted by Crippen LogP contribution is -2.16. The fraction of sp³-hybridized carbons (Fsp3) is 0.161. The number of fused-ring (bicyclic) bond motifs is 4. The van der Waals surface area contributed by atoms with Crippen LogP contribution in [-0.4, -0.2) is 43.6 Å². The van der Waals surface area contributed by atoms with Crippen LogP contribution in [0.4, 0.5) is 0 Å². The molecule has 1 aliphatic rings. The lowest BCUT2D eigenvalue weighted by Gasteiger charge is -2.26. The topological polar surface area (TPSA) is 88.6 Å². The maximum Gasteiger partial charge on any atom is 0.230 e. The van der Waals surface area contributed by atoms with Crippen molar-refractivity contribution in [2.24, 2.45) is 0 Å². The van der Waals surface area contributed by atoms with Gasteiger partial charge in [-0.2, -0.15) is 5.10 Å². The van der Waals surface area contributed by atoms with Gasteiger partial charge in [0, 0.05) is 5.56 Å². The maximum absolute atomic E-state index is 6.53. The van der Waals surface area contributed by atoms with E-state index in [1.54, 1.807) is 25.1 Å². The van der Waals surface area contributed by atoms with Gasteiger partial charge in [0.05, 0.1) is 42.6 Å². The minimum absolute atomic E-state index is 0.303. The summed E-state index contributed by atoms with van der Waals surface area (Å²) in [7, 11) is 3.26. The Bertz CT molecular complexity index is 1880. The fourth-order valence-electron chi connectivity index (χ4n) is 5.31. The van der Waals surface area contributed by atoms with E-state index in [1.165, 1.54) is 5.56 Å². The zero-order valence-electron chi connectivity index (χ0n) is 22.5. The molecule has 0 spiro atoms. The number of ether oxygens (including phenoxy) is 3. The minimum atomic E-state index is -0.303. The third kappa shape index (κ3) is 3.70. The summed E-state index contributed by atoms with van der Waals surface area (Å²) in [6.45, 7) is 4.05. The second-order valence-electron chi connectivity index (χ2n) is 9.73. The molecule has 0 saturated heterocycles. The van der Waals surface area contributed by atoms with E-state index in [2.05, 4.69) is 19.1 Å². The fourth-order valence-corrected chi connectivity index (χ4v) is 5.31. The summed E-state index contributed by atoms with van der Waals surface area (Å²) in [5.41, 5.74) is 7.20. The summed E-state index contributed by atoms with van der Waals surface area (Å²) in [4.78, 5) is 9.70. The second-order valence-corrected chi connectivity index (χ2v) is 9.73. The summed E-state index contributed by atoms with van der Waals surface area (Å²) in [6.07, 6.45) is 1.64. The van der Waals surface area contributed by atoms with Crippen LogP contribution in [0.1, 0.15) is 33.9 Å². The van der Waals surface area contributed by atoms with Gasteiger partial charge in [-0.3, -0.25) is 0 Å². The van der Waals surface area contributed by atoms with Crippen molar-refractivity contribution in [1.82, 2.24) is 29.4 Å². The van der Waals surface area contributed by atoms with Crippen molar-refractivity contribution >= 4 is 5.65 Å². The Labute approximate surface area is 230 Å². The third-order valence-corrected chi connectivity index (χ3v) is 7.27. The highest BCUT2D eigenvalue weighted by molar-refractivity contribution is 5.69. The molecule has 7 rings (SSSR count). The molecule has 6 aromatic rings. The minimum Gasteiger partial charge on any atom is -0.493 e. The van der Waals surface area contributed by atoms with Crippen molar-refractivity contribution in [3.05, 3.63) is 107 Å². The van der Waals surface area contributed by atoms with E-state index in [-0.39, 0.29) is 5.92 Å². The molecule has 0 fully saturated rings. The van der Waals surface area contributed by atoms with Crippen LogP contribution in [0.5, 0.6) is 23.3 Å². The molecule has 0 N–H and O–H groups in total. The highest BCUT2D eigenvalue weighted by Crippen LogP contribution is 2.50. The van der Waals surface area contributed by atoms with E-state index in [0.717, 1.165) is 33.6 Å². The molecule has 40 heavy (non-hydrogen) atoms. The first kappa shape index (κ1) is 23.9. The average molecular weight is 531 g/mol. The van der Waals surface area contributed by atoms with Gasteiger partial charge < -0.3 is 14.2 Å². The Kier molecular flexibility index (Phi) is 5.52. The van der Waals surface area contributed by atoms with Gasteiger partial charge in [0.25, 0.3) is 0 Å². The van der Waals surface area contributed by atoms with Gasteiger partial charge in [-0.15, -0.1) is 5.10 Å². The van der Waals surface area contributed by atoms with Gasteiger partial charge in [-0.05, 0) is 43.7 Å². The van der Waals surface area contributed by atoms with Crippen molar-refractivity contribution in [2.75, 3.05) is 14.2 Å². The molecule has 198 valence electrons. The van der Waals surface area contributed by atoms with Crippen LogP contribution in [0, 0.1) is 13.8 Å². The molecule has 9 heteroatoms. The quantitative estimate of drug-likeness (QED) is 0.274. The van der Waals surface area contributed by atoms with Crippen molar-refractivity contribution < 1.29 is 14.2 Å². The molecule has 3 aromatic heterocycles. The number of nitrogens with zero attached hydrogens (tertiary/aromatic N) is 6. The van der Waals surface area contributed by atoms with Crippen LogP contribution in [0.2, 0.25) is 0 Å². The van der Waals surface area contributed by atoms with Crippen molar-refractivity contribution in [2.45, 2.75) is 19.8 Å². The number of rotatable bonds is 5. The highest BCUT2D eigenvalue weighted by Gasteiger charge is 2.38. The number of aromatic nitrogens is 6. The Hall–Kier alpha value is -5.18. The molecular formula is C31H26N6O3. The van der Waals surface area contributed by atoms with E-state index < -0.39 is 0 Å². The zero-order chi connectivity index (χ0) is 27.4. The second kappa shape index (κ2) is 9.23. The molecule has 1 aliphatic heterocycles. The third-order valence-electron chi connectivity index (χ3n) is 7.27. The zero-order valence-corrected chi connectivity index (χ0v) is 22.5. The van der Waals surface area contributed by atoms with E-state index in [1.807, 2.05) is 72.3 Å². The Morgan fingerprint density at radius 1 is 0.825 bits per heavy atom. The molecule has 0 unspecified atom stereocenters. The lowest BCUT2D eigenvalue weighted by atomic mass is 9.84. The number of hydrogen-bond acceptors (Lipinski definition) is 7. The summed E-state index contributed by atoms with van der Waals surface area (Å²) >= 11 is 0. The van der Waals surface area contributed by atoms with Crippen LogP contribution in [0.3, 0.4) is 0 Å². The predicted octanol–water partition coefficient (Wildman–Crippen LogP) is 5.90. The summed E-state index contributed by atoms with van der Waals surface area (Å²) in [5.74, 6) is 2.66. The van der Waals surface area contributed by atoms with E-state index in [4.69, 9.17) is 34.4 Å². The van der Waals surface area contributed by atoms with Gasteiger partial charge in [0.15, 0.2) is 23.0 Å². The Morgan fingerprint density at radius 3 is 2.35 bits per heavy atom. The Balaban J connectivity index is 1.49. The number of benzene rings is 3. The van der Waals surface area contributed by atoms with E-state index in [9.17, 15) is 0 Å². The average Bonchev–Trinajstić information content (AvgIpc) is 3.58. The monoisotopic (exact) mass is 530 g/mol. The van der Waals surface area contributed by atoms with Gasteiger partial charge in [-0.1, -0.05) is 54.1 Å². The number of para-hydroxylation sites is 1. The number of methoxy groups -OCH3 is 2. The molecule has 0 radical (unpaired) electrons. The summed E-state index contributed by atoms with van der Waals surface area (Å²) in [5, 5.41) is 9.67. The van der Waals surface area contributed by atoms with Crippen LogP contribution in [0.15, 0.2) is 79.1 Å².